The summed E-state index contributed by atoms with van der Waals surface area (Å²) in [6, 6.07) is 14.0. The molecule has 5 nitrogen and oxygen atoms in total. The molecule has 0 aliphatic heterocycles. The van der Waals surface area contributed by atoms with Crippen molar-refractivity contribution < 1.29 is 23.8 Å². The average molecular weight is 314 g/mol. The van der Waals surface area contributed by atoms with Crippen molar-refractivity contribution in [3.8, 4) is 11.5 Å². The van der Waals surface area contributed by atoms with E-state index in [2.05, 4.69) is 0 Å². The van der Waals surface area contributed by atoms with Crippen LogP contribution in [0.3, 0.4) is 0 Å². The van der Waals surface area contributed by atoms with Crippen molar-refractivity contribution in [2.45, 2.75) is 0 Å². The van der Waals surface area contributed by atoms with Gasteiger partial charge in [0, 0.05) is 0 Å². The summed E-state index contributed by atoms with van der Waals surface area (Å²) in [5.41, 5.74) is 1.03. The molecule has 2 aromatic carbocycles. The Kier molecular flexibility index (Phi) is 6.81. The first kappa shape index (κ1) is 16.7. The second kappa shape index (κ2) is 9.38. The van der Waals surface area contributed by atoms with Crippen molar-refractivity contribution >= 4 is 12.6 Å². The third-order valence-electron chi connectivity index (χ3n) is 3.06. The minimum absolute atomic E-state index is 0.343. The number of benzene rings is 2. The topological polar surface area (TPSA) is 61.8 Å². The monoisotopic (exact) mass is 314 g/mol. The summed E-state index contributed by atoms with van der Waals surface area (Å²) in [4.78, 5) is 21.7. The van der Waals surface area contributed by atoms with Gasteiger partial charge in [0.25, 0.3) is 0 Å². The first-order valence-electron chi connectivity index (χ1n) is 7.27. The van der Waals surface area contributed by atoms with Gasteiger partial charge in [0.1, 0.15) is 24.7 Å². The Morgan fingerprint density at radius 2 is 1.09 bits per heavy atom. The van der Waals surface area contributed by atoms with Crippen LogP contribution in [0.5, 0.6) is 11.5 Å². The Morgan fingerprint density at radius 1 is 0.652 bits per heavy atom. The Labute approximate surface area is 134 Å². The van der Waals surface area contributed by atoms with E-state index in [9.17, 15) is 9.59 Å². The summed E-state index contributed by atoms with van der Waals surface area (Å²) in [5, 5.41) is 0. The number of carbonyl (C=O) groups is 2. The van der Waals surface area contributed by atoms with Gasteiger partial charge in [-0.3, -0.25) is 9.59 Å². The van der Waals surface area contributed by atoms with Gasteiger partial charge in [-0.15, -0.1) is 0 Å². The van der Waals surface area contributed by atoms with Crippen molar-refractivity contribution in [1.82, 2.24) is 0 Å². The van der Waals surface area contributed by atoms with Gasteiger partial charge >= 0.3 is 0 Å². The standard InChI is InChI=1S/C18H18O5/c19-13-15-5-1-3-7-17(15)22-11-9-21-10-12-23-18-8-4-2-6-16(18)14-20/h1-8,13-14H,9-12H2. The highest BCUT2D eigenvalue weighted by molar-refractivity contribution is 5.79. The summed E-state index contributed by atoms with van der Waals surface area (Å²) in [7, 11) is 0. The van der Waals surface area contributed by atoms with Crippen LogP contribution < -0.4 is 9.47 Å². The van der Waals surface area contributed by atoms with E-state index >= 15 is 0 Å². The van der Waals surface area contributed by atoms with E-state index in [0.29, 0.717) is 49.1 Å². The summed E-state index contributed by atoms with van der Waals surface area (Å²) in [6.45, 7) is 1.45. The van der Waals surface area contributed by atoms with Gasteiger partial charge in [0.15, 0.2) is 12.6 Å². The van der Waals surface area contributed by atoms with E-state index in [1.807, 2.05) is 12.1 Å². The van der Waals surface area contributed by atoms with E-state index < -0.39 is 0 Å². The molecule has 0 bridgehead atoms. The first-order chi connectivity index (χ1) is 11.3. The molecular weight excluding hydrogens is 296 g/mol. The van der Waals surface area contributed by atoms with E-state index in [1.165, 1.54) is 0 Å². The summed E-state index contributed by atoms with van der Waals surface area (Å²) < 4.78 is 16.4. The lowest BCUT2D eigenvalue weighted by Gasteiger charge is -2.10. The second-order valence-electron chi connectivity index (χ2n) is 4.62. The third-order valence-corrected chi connectivity index (χ3v) is 3.06. The fraction of sp³-hybridized carbons (Fsp3) is 0.222. The van der Waals surface area contributed by atoms with Crippen LogP contribution in [-0.4, -0.2) is 39.0 Å². The molecule has 2 aromatic rings. The van der Waals surface area contributed by atoms with Crippen molar-refractivity contribution in [2.24, 2.45) is 0 Å². The van der Waals surface area contributed by atoms with Crippen molar-refractivity contribution in [3.63, 3.8) is 0 Å². The van der Waals surface area contributed by atoms with Crippen LogP contribution in [0, 0.1) is 0 Å². The predicted molar refractivity (Wildman–Crippen MR) is 85.5 cm³/mol. The molecule has 0 atom stereocenters. The van der Waals surface area contributed by atoms with Crippen LogP contribution in [0.4, 0.5) is 0 Å². The van der Waals surface area contributed by atoms with Gasteiger partial charge in [-0.1, -0.05) is 24.3 Å². The minimum Gasteiger partial charge on any atom is -0.490 e. The highest BCUT2D eigenvalue weighted by Crippen LogP contribution is 2.16. The molecule has 0 saturated carbocycles. The Hall–Kier alpha value is -2.66. The lowest BCUT2D eigenvalue weighted by molar-refractivity contribution is 0.0757. The predicted octanol–water partition coefficient (Wildman–Crippen LogP) is 2.79. The first-order valence-corrected chi connectivity index (χ1v) is 7.27. The van der Waals surface area contributed by atoms with Crippen molar-refractivity contribution in [1.29, 1.82) is 0 Å². The van der Waals surface area contributed by atoms with Gasteiger partial charge in [0.05, 0.1) is 24.3 Å². The summed E-state index contributed by atoms with van der Waals surface area (Å²) >= 11 is 0. The molecule has 0 heterocycles. The minimum atomic E-state index is 0.343. The molecule has 120 valence electrons. The molecule has 0 aromatic heterocycles. The number of carbonyl (C=O) groups excluding carboxylic acids is 2. The van der Waals surface area contributed by atoms with Gasteiger partial charge in [-0.2, -0.15) is 0 Å². The largest absolute Gasteiger partial charge is 0.490 e. The molecular formula is C18H18O5. The lowest BCUT2D eigenvalue weighted by atomic mass is 10.2. The van der Waals surface area contributed by atoms with E-state index in [4.69, 9.17) is 14.2 Å². The van der Waals surface area contributed by atoms with Crippen molar-refractivity contribution in [2.75, 3.05) is 26.4 Å². The van der Waals surface area contributed by atoms with Crippen LogP contribution >= 0.6 is 0 Å². The van der Waals surface area contributed by atoms with Gasteiger partial charge in [-0.25, -0.2) is 0 Å². The normalized spacial score (nSPS) is 10.1. The molecule has 23 heavy (non-hydrogen) atoms. The number of aldehydes is 2. The van der Waals surface area contributed by atoms with E-state index in [0.717, 1.165) is 12.6 Å². The molecule has 0 aliphatic carbocycles. The SMILES string of the molecule is O=Cc1ccccc1OCCOCCOc1ccccc1C=O. The molecule has 0 radical (unpaired) electrons. The molecule has 0 aliphatic rings. The average Bonchev–Trinajstić information content (AvgIpc) is 2.61. The molecule has 0 saturated heterocycles. The fourth-order valence-electron chi connectivity index (χ4n) is 1.94. The highest BCUT2D eigenvalue weighted by atomic mass is 16.5. The Bertz CT molecular complexity index is 583. The smallest absolute Gasteiger partial charge is 0.153 e. The fourth-order valence-corrected chi connectivity index (χ4v) is 1.94. The zero-order valence-corrected chi connectivity index (χ0v) is 12.6. The molecule has 0 fully saturated rings. The molecule has 0 amide bonds. The van der Waals surface area contributed by atoms with Crippen LogP contribution in [0.2, 0.25) is 0 Å². The van der Waals surface area contributed by atoms with Gasteiger partial charge < -0.3 is 14.2 Å². The van der Waals surface area contributed by atoms with E-state index in [-0.39, 0.29) is 0 Å². The summed E-state index contributed by atoms with van der Waals surface area (Å²) in [6.07, 6.45) is 1.52. The molecule has 0 spiro atoms. The number of hydrogen-bond acceptors (Lipinski definition) is 5. The maximum atomic E-state index is 10.8. The molecule has 0 unspecified atom stereocenters. The van der Waals surface area contributed by atoms with Crippen LogP contribution in [-0.2, 0) is 4.74 Å². The Balaban J connectivity index is 1.63. The number of rotatable bonds is 10. The molecule has 2 rings (SSSR count). The Morgan fingerprint density at radius 3 is 1.52 bits per heavy atom. The van der Waals surface area contributed by atoms with Crippen molar-refractivity contribution in [3.05, 3.63) is 59.7 Å². The number of ether oxygens (including phenoxy) is 3. The second-order valence-corrected chi connectivity index (χ2v) is 4.62. The quantitative estimate of drug-likeness (QED) is 0.498. The zero-order valence-electron chi connectivity index (χ0n) is 12.6. The summed E-state index contributed by atoms with van der Waals surface area (Å²) in [5.74, 6) is 1.09. The van der Waals surface area contributed by atoms with Crippen LogP contribution in [0.15, 0.2) is 48.5 Å². The van der Waals surface area contributed by atoms with Gasteiger partial charge in [-0.05, 0) is 24.3 Å². The van der Waals surface area contributed by atoms with Gasteiger partial charge in [0.2, 0.25) is 0 Å². The zero-order chi connectivity index (χ0) is 16.3. The molecule has 0 N–H and O–H groups in total. The maximum absolute atomic E-state index is 10.8. The lowest BCUT2D eigenvalue weighted by Crippen LogP contribution is -2.13. The van der Waals surface area contributed by atoms with E-state index in [1.54, 1.807) is 36.4 Å². The molecule has 5 heteroatoms. The van der Waals surface area contributed by atoms with Crippen LogP contribution in [0.25, 0.3) is 0 Å². The maximum Gasteiger partial charge on any atom is 0.153 e. The number of hydrogen-bond donors (Lipinski definition) is 0. The third kappa shape index (κ3) is 5.23. The van der Waals surface area contributed by atoms with Crippen LogP contribution in [0.1, 0.15) is 20.7 Å². The highest BCUT2D eigenvalue weighted by Gasteiger charge is 2.02. The number of para-hydroxylation sites is 2.